The predicted molar refractivity (Wildman–Crippen MR) is 50.3 cm³/mol. The van der Waals surface area contributed by atoms with Crippen LogP contribution in [0.4, 0.5) is 5.69 Å². The molecule has 0 atom stereocenters. The van der Waals surface area contributed by atoms with Crippen molar-refractivity contribution >= 4 is 11.5 Å². The highest BCUT2D eigenvalue weighted by Gasteiger charge is 1.96. The summed E-state index contributed by atoms with van der Waals surface area (Å²) in [7, 11) is 0. The van der Waals surface area contributed by atoms with Gasteiger partial charge < -0.3 is 5.32 Å². The first kappa shape index (κ1) is 8.78. The van der Waals surface area contributed by atoms with E-state index in [4.69, 9.17) is 0 Å². The predicted octanol–water partition coefficient (Wildman–Crippen LogP) is 2.00. The minimum absolute atomic E-state index is 0.151. The van der Waals surface area contributed by atoms with Gasteiger partial charge in [0.15, 0.2) is 0 Å². The fraction of sp³-hybridized carbons (Fsp3) is 0.300. The summed E-state index contributed by atoms with van der Waals surface area (Å²) in [5.41, 5.74) is 2.20. The summed E-state index contributed by atoms with van der Waals surface area (Å²) in [6.45, 7) is 4.00. The van der Waals surface area contributed by atoms with Gasteiger partial charge in [-0.25, -0.2) is 0 Å². The highest BCUT2D eigenvalue weighted by Crippen LogP contribution is 2.12. The van der Waals surface area contributed by atoms with Crippen LogP contribution in [0.15, 0.2) is 24.3 Å². The number of nitrogens with one attached hydrogen (secondary N) is 1. The fourth-order valence-corrected chi connectivity index (χ4v) is 0.991. The third-order valence-corrected chi connectivity index (χ3v) is 1.67. The molecule has 0 aliphatic rings. The zero-order chi connectivity index (χ0) is 8.97. The monoisotopic (exact) mass is 163 g/mol. The van der Waals surface area contributed by atoms with Gasteiger partial charge in [0.2, 0.25) is 0 Å². The maximum Gasteiger partial charge on any atom is 0.148 e. The van der Waals surface area contributed by atoms with Gasteiger partial charge in [-0.1, -0.05) is 18.2 Å². The van der Waals surface area contributed by atoms with Gasteiger partial charge >= 0.3 is 0 Å². The summed E-state index contributed by atoms with van der Waals surface area (Å²) in [4.78, 5) is 10.7. The number of anilines is 1. The number of benzene rings is 1. The number of rotatable bonds is 3. The number of Topliss-reactive ketones (excluding diaryl/α,β-unsaturated/α-hetero) is 1. The van der Waals surface area contributed by atoms with E-state index < -0.39 is 0 Å². The van der Waals surface area contributed by atoms with E-state index in [2.05, 4.69) is 5.32 Å². The molecule has 12 heavy (non-hydrogen) atoms. The molecule has 1 rings (SSSR count). The molecule has 2 heteroatoms. The molecular weight excluding hydrogens is 150 g/mol. The van der Waals surface area contributed by atoms with Crippen LogP contribution in [0.2, 0.25) is 0 Å². The van der Waals surface area contributed by atoms with Gasteiger partial charge in [-0.2, -0.15) is 0 Å². The van der Waals surface area contributed by atoms with E-state index in [1.54, 1.807) is 6.92 Å². The first-order chi connectivity index (χ1) is 5.70. The Morgan fingerprint density at radius 3 is 2.67 bits per heavy atom. The third kappa shape index (κ3) is 2.38. The number of carbonyl (C=O) groups is 1. The number of hydrogen-bond acceptors (Lipinski definition) is 2. The summed E-state index contributed by atoms with van der Waals surface area (Å²) < 4.78 is 0. The highest BCUT2D eigenvalue weighted by atomic mass is 16.1. The maximum absolute atomic E-state index is 10.7. The number of carbonyl (C=O) groups excluding carboxylic acids is 1. The Bertz CT molecular complexity index is 281. The lowest BCUT2D eigenvalue weighted by Gasteiger charge is -2.06. The molecule has 0 aliphatic heterocycles. The Balaban J connectivity index is 2.63. The molecule has 0 aliphatic carbocycles. The van der Waals surface area contributed by atoms with Crippen molar-refractivity contribution in [3.05, 3.63) is 29.8 Å². The van der Waals surface area contributed by atoms with Crippen LogP contribution in [0.3, 0.4) is 0 Å². The van der Waals surface area contributed by atoms with Crippen LogP contribution in [0.25, 0.3) is 0 Å². The van der Waals surface area contributed by atoms with Gasteiger partial charge in [0.25, 0.3) is 0 Å². The van der Waals surface area contributed by atoms with Crippen molar-refractivity contribution in [2.75, 3.05) is 11.9 Å². The van der Waals surface area contributed by atoms with Gasteiger partial charge in [0.05, 0.1) is 6.54 Å². The molecule has 0 fully saturated rings. The van der Waals surface area contributed by atoms with Gasteiger partial charge in [0.1, 0.15) is 5.78 Å². The standard InChI is InChI=1S/C10H13NO/c1-8-5-3-4-6-10(8)11-7-9(2)12/h3-6,11H,7H2,1-2H3. The second-order valence-corrected chi connectivity index (χ2v) is 2.87. The normalized spacial score (nSPS) is 9.50. The molecule has 1 aromatic carbocycles. The first-order valence-corrected chi connectivity index (χ1v) is 3.99. The minimum Gasteiger partial charge on any atom is -0.378 e. The Morgan fingerprint density at radius 1 is 1.42 bits per heavy atom. The van der Waals surface area contributed by atoms with Crippen molar-refractivity contribution in [3.63, 3.8) is 0 Å². The Kier molecular flexibility index (Phi) is 2.86. The van der Waals surface area contributed by atoms with E-state index >= 15 is 0 Å². The topological polar surface area (TPSA) is 29.1 Å². The maximum atomic E-state index is 10.7. The van der Waals surface area contributed by atoms with Crippen molar-refractivity contribution in [2.24, 2.45) is 0 Å². The lowest BCUT2D eigenvalue weighted by molar-refractivity contribution is -0.115. The molecular formula is C10H13NO. The van der Waals surface area contributed by atoms with Crippen molar-refractivity contribution in [1.29, 1.82) is 0 Å². The van der Waals surface area contributed by atoms with E-state index in [1.165, 1.54) is 5.56 Å². The van der Waals surface area contributed by atoms with Crippen LogP contribution in [0, 0.1) is 6.92 Å². The summed E-state index contributed by atoms with van der Waals surface area (Å²) in [5, 5.41) is 3.06. The smallest absolute Gasteiger partial charge is 0.148 e. The van der Waals surface area contributed by atoms with Crippen molar-refractivity contribution in [1.82, 2.24) is 0 Å². The van der Waals surface area contributed by atoms with E-state index in [9.17, 15) is 4.79 Å². The van der Waals surface area contributed by atoms with Gasteiger partial charge in [0, 0.05) is 5.69 Å². The van der Waals surface area contributed by atoms with Crippen LogP contribution in [-0.2, 0) is 4.79 Å². The van der Waals surface area contributed by atoms with Crippen LogP contribution < -0.4 is 5.32 Å². The molecule has 0 bridgehead atoms. The molecule has 1 N–H and O–H groups in total. The van der Waals surface area contributed by atoms with Crippen LogP contribution in [0.1, 0.15) is 12.5 Å². The van der Waals surface area contributed by atoms with E-state index in [0.717, 1.165) is 5.69 Å². The molecule has 0 saturated carbocycles. The fourth-order valence-electron chi connectivity index (χ4n) is 0.991. The molecule has 0 spiro atoms. The summed E-state index contributed by atoms with van der Waals surface area (Å²) in [6, 6.07) is 7.92. The molecule has 0 amide bonds. The number of para-hydroxylation sites is 1. The van der Waals surface area contributed by atoms with Crippen LogP contribution >= 0.6 is 0 Å². The second-order valence-electron chi connectivity index (χ2n) is 2.87. The van der Waals surface area contributed by atoms with Gasteiger partial charge in [-0.15, -0.1) is 0 Å². The molecule has 0 saturated heterocycles. The van der Waals surface area contributed by atoms with Crippen LogP contribution in [-0.4, -0.2) is 12.3 Å². The average molecular weight is 163 g/mol. The number of hydrogen-bond donors (Lipinski definition) is 1. The van der Waals surface area contributed by atoms with Crippen LogP contribution in [0.5, 0.6) is 0 Å². The van der Waals surface area contributed by atoms with Crippen molar-refractivity contribution in [3.8, 4) is 0 Å². The lowest BCUT2D eigenvalue weighted by Crippen LogP contribution is -2.10. The summed E-state index contributed by atoms with van der Waals surface area (Å²) >= 11 is 0. The van der Waals surface area contributed by atoms with E-state index in [0.29, 0.717) is 6.54 Å². The molecule has 1 aromatic rings. The van der Waals surface area contributed by atoms with Gasteiger partial charge in [-0.05, 0) is 25.5 Å². The quantitative estimate of drug-likeness (QED) is 0.738. The molecule has 0 aromatic heterocycles. The largest absolute Gasteiger partial charge is 0.378 e. The number of ketones is 1. The second kappa shape index (κ2) is 3.90. The Hall–Kier alpha value is -1.31. The Morgan fingerprint density at radius 2 is 2.08 bits per heavy atom. The number of aryl methyl sites for hydroxylation is 1. The van der Waals surface area contributed by atoms with E-state index in [-0.39, 0.29) is 5.78 Å². The zero-order valence-corrected chi connectivity index (χ0v) is 7.42. The zero-order valence-electron chi connectivity index (χ0n) is 7.42. The molecule has 0 radical (unpaired) electrons. The van der Waals surface area contributed by atoms with Crippen molar-refractivity contribution in [2.45, 2.75) is 13.8 Å². The molecule has 64 valence electrons. The first-order valence-electron chi connectivity index (χ1n) is 3.99. The lowest BCUT2D eigenvalue weighted by atomic mass is 10.2. The van der Waals surface area contributed by atoms with E-state index in [1.807, 2.05) is 31.2 Å². The molecule has 0 heterocycles. The molecule has 0 unspecified atom stereocenters. The SMILES string of the molecule is CC(=O)CNc1ccccc1C. The van der Waals surface area contributed by atoms with Gasteiger partial charge in [-0.3, -0.25) is 4.79 Å². The average Bonchev–Trinajstić information content (AvgIpc) is 2.03. The molecule has 2 nitrogen and oxygen atoms in total. The summed E-state index contributed by atoms with van der Waals surface area (Å²) in [5.74, 6) is 0.151. The Labute approximate surface area is 72.6 Å². The highest BCUT2D eigenvalue weighted by molar-refractivity contribution is 5.80. The summed E-state index contributed by atoms with van der Waals surface area (Å²) in [6.07, 6.45) is 0. The third-order valence-electron chi connectivity index (χ3n) is 1.67. The minimum atomic E-state index is 0.151. The van der Waals surface area contributed by atoms with Crippen molar-refractivity contribution < 1.29 is 4.79 Å².